The van der Waals surface area contributed by atoms with Gasteiger partial charge in [0.15, 0.2) is 0 Å². The van der Waals surface area contributed by atoms with E-state index in [0.29, 0.717) is 11.0 Å². The highest BCUT2D eigenvalue weighted by Crippen LogP contribution is 2.22. The van der Waals surface area contributed by atoms with E-state index in [1.807, 2.05) is 18.7 Å². The minimum absolute atomic E-state index is 0.0388. The third kappa shape index (κ3) is 3.04. The van der Waals surface area contributed by atoms with Crippen LogP contribution in [0.4, 0.5) is 0 Å². The summed E-state index contributed by atoms with van der Waals surface area (Å²) < 4.78 is 5.21. The van der Waals surface area contributed by atoms with E-state index in [-0.39, 0.29) is 5.76 Å². The minimum Gasteiger partial charge on any atom is -0.475 e. The first kappa shape index (κ1) is 12.5. The average Bonchev–Trinajstić information content (AvgIpc) is 2.61. The Morgan fingerprint density at radius 3 is 3.06 bits per heavy atom. The second kappa shape index (κ2) is 5.14. The molecule has 1 N–H and O–H groups in total. The van der Waals surface area contributed by atoms with Gasteiger partial charge in [-0.1, -0.05) is 6.92 Å². The van der Waals surface area contributed by atoms with Crippen LogP contribution >= 0.6 is 11.8 Å². The summed E-state index contributed by atoms with van der Waals surface area (Å²) in [5, 5.41) is 9.51. The van der Waals surface area contributed by atoms with Crippen LogP contribution in [0.25, 0.3) is 0 Å². The van der Waals surface area contributed by atoms with Gasteiger partial charge in [0.25, 0.3) is 0 Å². The Kier molecular flexibility index (Phi) is 3.79. The molecule has 0 aromatic carbocycles. The zero-order valence-electron chi connectivity index (χ0n) is 10.1. The van der Waals surface area contributed by atoms with Gasteiger partial charge in [-0.3, -0.25) is 4.90 Å². The number of carbonyl (C=O) groups is 1. The molecule has 0 saturated carbocycles. The quantitative estimate of drug-likeness (QED) is 0.897. The lowest BCUT2D eigenvalue weighted by Gasteiger charge is -2.30. The summed E-state index contributed by atoms with van der Waals surface area (Å²) in [5.74, 6) is 0.899. The van der Waals surface area contributed by atoms with Crippen LogP contribution in [0.3, 0.4) is 0 Å². The summed E-state index contributed by atoms with van der Waals surface area (Å²) in [6.07, 6.45) is 0. The SMILES string of the molecule is Cc1oc(C(=O)O)cc1CN1CCSC(C)C1. The molecule has 94 valence electrons. The van der Waals surface area contributed by atoms with Gasteiger partial charge in [-0.05, 0) is 13.0 Å². The molecule has 1 aliphatic rings. The van der Waals surface area contributed by atoms with Crippen molar-refractivity contribution < 1.29 is 14.3 Å². The molecule has 2 rings (SSSR count). The number of carboxylic acids is 1. The lowest BCUT2D eigenvalue weighted by atomic mass is 10.2. The normalized spacial score (nSPS) is 21.6. The van der Waals surface area contributed by atoms with Crippen molar-refractivity contribution in [3.05, 3.63) is 23.2 Å². The Bertz CT molecular complexity index is 416. The van der Waals surface area contributed by atoms with Crippen LogP contribution < -0.4 is 0 Å². The first-order valence-electron chi connectivity index (χ1n) is 5.73. The molecule has 1 aromatic rings. The molecule has 1 aliphatic heterocycles. The minimum atomic E-state index is -0.998. The Labute approximate surface area is 105 Å². The second-order valence-electron chi connectivity index (χ2n) is 4.41. The van der Waals surface area contributed by atoms with Crippen LogP contribution in [0.1, 0.15) is 28.8 Å². The number of rotatable bonds is 3. The van der Waals surface area contributed by atoms with Gasteiger partial charge in [-0.15, -0.1) is 0 Å². The molecule has 5 heteroatoms. The van der Waals surface area contributed by atoms with Crippen LogP contribution in [-0.2, 0) is 6.54 Å². The van der Waals surface area contributed by atoms with Crippen molar-refractivity contribution in [3.8, 4) is 0 Å². The number of carboxylic acid groups (broad SMARTS) is 1. The fourth-order valence-electron chi connectivity index (χ4n) is 2.06. The molecular formula is C12H17NO3S. The van der Waals surface area contributed by atoms with Crippen molar-refractivity contribution in [2.75, 3.05) is 18.8 Å². The zero-order chi connectivity index (χ0) is 12.4. The summed E-state index contributed by atoms with van der Waals surface area (Å²) >= 11 is 1.99. The van der Waals surface area contributed by atoms with Gasteiger partial charge in [0.2, 0.25) is 5.76 Å². The molecule has 0 spiro atoms. The van der Waals surface area contributed by atoms with Crippen LogP contribution in [0.2, 0.25) is 0 Å². The molecule has 0 aliphatic carbocycles. The van der Waals surface area contributed by atoms with Gasteiger partial charge in [-0.2, -0.15) is 11.8 Å². The Morgan fingerprint density at radius 1 is 1.71 bits per heavy atom. The third-order valence-electron chi connectivity index (χ3n) is 2.95. The molecule has 0 bridgehead atoms. The van der Waals surface area contributed by atoms with Crippen LogP contribution in [-0.4, -0.2) is 40.1 Å². The van der Waals surface area contributed by atoms with Crippen LogP contribution in [0.15, 0.2) is 10.5 Å². The van der Waals surface area contributed by atoms with E-state index in [2.05, 4.69) is 11.8 Å². The predicted octanol–water partition coefficient (Wildman–Crippen LogP) is 2.22. The number of aryl methyl sites for hydroxylation is 1. The van der Waals surface area contributed by atoms with Gasteiger partial charge in [0.05, 0.1) is 0 Å². The number of furan rings is 1. The van der Waals surface area contributed by atoms with E-state index in [4.69, 9.17) is 9.52 Å². The smallest absolute Gasteiger partial charge is 0.371 e. The van der Waals surface area contributed by atoms with Gasteiger partial charge < -0.3 is 9.52 Å². The van der Waals surface area contributed by atoms with E-state index >= 15 is 0 Å². The maximum atomic E-state index is 10.8. The van der Waals surface area contributed by atoms with E-state index in [0.717, 1.165) is 31.0 Å². The van der Waals surface area contributed by atoms with Crippen molar-refractivity contribution in [1.29, 1.82) is 0 Å². The van der Waals surface area contributed by atoms with Crippen molar-refractivity contribution in [3.63, 3.8) is 0 Å². The number of thioether (sulfide) groups is 1. The van der Waals surface area contributed by atoms with Gasteiger partial charge in [0.1, 0.15) is 5.76 Å². The molecule has 4 nitrogen and oxygen atoms in total. The highest BCUT2D eigenvalue weighted by molar-refractivity contribution is 7.99. The third-order valence-corrected chi connectivity index (χ3v) is 4.09. The van der Waals surface area contributed by atoms with Gasteiger partial charge in [-0.25, -0.2) is 4.79 Å². The van der Waals surface area contributed by atoms with Crippen molar-refractivity contribution in [2.45, 2.75) is 25.6 Å². The predicted molar refractivity (Wildman–Crippen MR) is 67.6 cm³/mol. The fraction of sp³-hybridized carbons (Fsp3) is 0.583. The van der Waals surface area contributed by atoms with Gasteiger partial charge >= 0.3 is 5.97 Å². The molecule has 1 saturated heterocycles. The van der Waals surface area contributed by atoms with E-state index in [1.54, 1.807) is 6.07 Å². The highest BCUT2D eigenvalue weighted by atomic mass is 32.2. The Hall–Kier alpha value is -0.940. The molecule has 2 heterocycles. The molecule has 1 fully saturated rings. The maximum absolute atomic E-state index is 10.8. The largest absolute Gasteiger partial charge is 0.475 e. The van der Waals surface area contributed by atoms with E-state index in [1.165, 1.54) is 0 Å². The molecule has 1 aromatic heterocycles. The monoisotopic (exact) mass is 255 g/mol. The lowest BCUT2D eigenvalue weighted by Crippen LogP contribution is -2.36. The molecule has 0 radical (unpaired) electrons. The Balaban J connectivity index is 2.05. The summed E-state index contributed by atoms with van der Waals surface area (Å²) in [6, 6.07) is 1.64. The average molecular weight is 255 g/mol. The molecule has 17 heavy (non-hydrogen) atoms. The lowest BCUT2D eigenvalue weighted by molar-refractivity contribution is 0.0661. The summed E-state index contributed by atoms with van der Waals surface area (Å²) in [6.45, 7) is 6.94. The Morgan fingerprint density at radius 2 is 2.47 bits per heavy atom. The van der Waals surface area contributed by atoms with Crippen molar-refractivity contribution in [1.82, 2.24) is 4.90 Å². The molecule has 1 atom stereocenters. The molecular weight excluding hydrogens is 238 g/mol. The highest BCUT2D eigenvalue weighted by Gasteiger charge is 2.20. The van der Waals surface area contributed by atoms with Gasteiger partial charge in [0, 0.05) is 36.2 Å². The first-order valence-corrected chi connectivity index (χ1v) is 6.77. The van der Waals surface area contributed by atoms with Crippen LogP contribution in [0.5, 0.6) is 0 Å². The number of hydrogen-bond acceptors (Lipinski definition) is 4. The van der Waals surface area contributed by atoms with Crippen LogP contribution in [0, 0.1) is 6.92 Å². The molecule has 1 unspecified atom stereocenters. The standard InChI is InChI=1S/C12H17NO3S/c1-8-6-13(3-4-17-8)7-10-5-11(12(14)15)16-9(10)2/h5,8H,3-4,6-7H2,1-2H3,(H,14,15). The van der Waals surface area contributed by atoms with E-state index in [9.17, 15) is 4.79 Å². The summed E-state index contributed by atoms with van der Waals surface area (Å²) in [5.41, 5.74) is 0.988. The summed E-state index contributed by atoms with van der Waals surface area (Å²) in [4.78, 5) is 13.2. The second-order valence-corrected chi connectivity index (χ2v) is 5.96. The maximum Gasteiger partial charge on any atom is 0.371 e. The number of aromatic carboxylic acids is 1. The zero-order valence-corrected chi connectivity index (χ0v) is 10.9. The van der Waals surface area contributed by atoms with Crippen molar-refractivity contribution >= 4 is 17.7 Å². The van der Waals surface area contributed by atoms with E-state index < -0.39 is 5.97 Å². The topological polar surface area (TPSA) is 53.7 Å². The summed E-state index contributed by atoms with van der Waals surface area (Å²) in [7, 11) is 0. The number of nitrogens with zero attached hydrogens (tertiary/aromatic N) is 1. The molecule has 0 amide bonds. The first-order chi connectivity index (χ1) is 8.06. The number of hydrogen-bond donors (Lipinski definition) is 1. The van der Waals surface area contributed by atoms with Crippen molar-refractivity contribution in [2.24, 2.45) is 0 Å². The fourth-order valence-corrected chi connectivity index (χ4v) is 3.14.